The summed E-state index contributed by atoms with van der Waals surface area (Å²) in [5.41, 5.74) is 0.656. The molecular formula is C17H31N. The molecule has 2 rings (SSSR count). The Balaban J connectivity index is 1.53. The van der Waals surface area contributed by atoms with E-state index in [9.17, 15) is 0 Å². The van der Waals surface area contributed by atoms with Gasteiger partial charge in [-0.05, 0) is 44.6 Å². The Morgan fingerprint density at radius 3 is 2.44 bits per heavy atom. The molecule has 0 bridgehead atoms. The van der Waals surface area contributed by atoms with Crippen LogP contribution in [0.15, 0.2) is 12.7 Å². The Labute approximate surface area is 114 Å². The van der Waals surface area contributed by atoms with E-state index in [1.54, 1.807) is 0 Å². The smallest absolute Gasteiger partial charge is 0.0337 e. The Hall–Kier alpha value is -0.300. The monoisotopic (exact) mass is 249 g/mol. The van der Waals surface area contributed by atoms with Gasteiger partial charge < -0.3 is 0 Å². The van der Waals surface area contributed by atoms with E-state index in [-0.39, 0.29) is 0 Å². The van der Waals surface area contributed by atoms with E-state index in [0.717, 1.165) is 5.92 Å². The molecule has 1 saturated carbocycles. The van der Waals surface area contributed by atoms with E-state index in [0.29, 0.717) is 5.54 Å². The summed E-state index contributed by atoms with van der Waals surface area (Å²) in [6.07, 6.45) is 16.4. The van der Waals surface area contributed by atoms with Crippen LogP contribution in [0.3, 0.4) is 0 Å². The van der Waals surface area contributed by atoms with Gasteiger partial charge >= 0.3 is 0 Å². The first kappa shape index (κ1) is 14.1. The van der Waals surface area contributed by atoms with Crippen molar-refractivity contribution in [1.82, 2.24) is 4.90 Å². The van der Waals surface area contributed by atoms with Crippen LogP contribution in [0.4, 0.5) is 0 Å². The van der Waals surface area contributed by atoms with Gasteiger partial charge in [-0.25, -0.2) is 0 Å². The zero-order valence-corrected chi connectivity index (χ0v) is 12.3. The van der Waals surface area contributed by atoms with Crippen LogP contribution >= 0.6 is 0 Å². The molecule has 0 aromatic rings. The summed E-state index contributed by atoms with van der Waals surface area (Å²) in [6.45, 7) is 8.99. The lowest BCUT2D eigenvalue weighted by atomic mass is 9.81. The predicted molar refractivity (Wildman–Crippen MR) is 79.8 cm³/mol. The molecule has 0 aromatic heterocycles. The minimum atomic E-state index is 0.656. The van der Waals surface area contributed by atoms with E-state index in [1.807, 2.05) is 0 Å². The average Bonchev–Trinajstić information content (AvgIpc) is 3.07. The summed E-state index contributed by atoms with van der Waals surface area (Å²) in [4.78, 5) is 2.76. The summed E-state index contributed by atoms with van der Waals surface area (Å²) in [5, 5.41) is 0. The number of hydrogen-bond acceptors (Lipinski definition) is 1. The lowest BCUT2D eigenvalue weighted by Gasteiger charge is -2.27. The molecule has 1 heteroatoms. The van der Waals surface area contributed by atoms with Crippen molar-refractivity contribution < 1.29 is 0 Å². The summed E-state index contributed by atoms with van der Waals surface area (Å²) in [5.74, 6) is 0.812. The Kier molecular flexibility index (Phi) is 5.29. The Morgan fingerprint density at radius 1 is 1.11 bits per heavy atom. The fourth-order valence-electron chi connectivity index (χ4n) is 3.61. The van der Waals surface area contributed by atoms with Crippen molar-refractivity contribution in [2.24, 2.45) is 5.92 Å². The third kappa shape index (κ3) is 3.60. The molecule has 1 heterocycles. The van der Waals surface area contributed by atoms with E-state index in [2.05, 4.69) is 24.5 Å². The molecule has 0 radical (unpaired) electrons. The van der Waals surface area contributed by atoms with E-state index >= 15 is 0 Å². The topological polar surface area (TPSA) is 3.01 Å². The third-order valence-electron chi connectivity index (χ3n) is 5.13. The summed E-state index contributed by atoms with van der Waals surface area (Å²) in [6, 6.07) is 0. The maximum absolute atomic E-state index is 3.94. The van der Waals surface area contributed by atoms with Gasteiger partial charge in [0.2, 0.25) is 0 Å². The van der Waals surface area contributed by atoms with Crippen LogP contribution in [0.25, 0.3) is 0 Å². The van der Waals surface area contributed by atoms with Gasteiger partial charge in [0.1, 0.15) is 0 Å². The van der Waals surface area contributed by atoms with Crippen molar-refractivity contribution >= 4 is 0 Å². The molecule has 104 valence electrons. The minimum Gasteiger partial charge on any atom is -0.295 e. The van der Waals surface area contributed by atoms with Gasteiger partial charge in [0.25, 0.3) is 0 Å². The molecule has 18 heavy (non-hydrogen) atoms. The van der Waals surface area contributed by atoms with Gasteiger partial charge in [-0.1, -0.05) is 45.1 Å². The lowest BCUT2D eigenvalue weighted by molar-refractivity contribution is 0.276. The van der Waals surface area contributed by atoms with E-state index in [4.69, 9.17) is 0 Å². The van der Waals surface area contributed by atoms with Crippen LogP contribution in [0.2, 0.25) is 0 Å². The van der Waals surface area contributed by atoms with E-state index in [1.165, 1.54) is 77.3 Å². The highest BCUT2D eigenvalue weighted by molar-refractivity contribution is 5.10. The highest BCUT2D eigenvalue weighted by Gasteiger charge is 2.51. The van der Waals surface area contributed by atoms with Gasteiger partial charge in [-0.2, -0.15) is 0 Å². The number of rotatable bonds is 8. The molecule has 1 aliphatic heterocycles. The molecule has 1 nitrogen and oxygen atoms in total. The molecule has 1 saturated heterocycles. The van der Waals surface area contributed by atoms with Crippen molar-refractivity contribution in [2.75, 3.05) is 13.1 Å². The maximum atomic E-state index is 3.94. The third-order valence-corrected chi connectivity index (χ3v) is 5.13. The van der Waals surface area contributed by atoms with Gasteiger partial charge in [-0.3, -0.25) is 4.90 Å². The SMILES string of the molecule is C=CC1CCC2(CC1)CN2CCCCCCCC. The zero-order valence-electron chi connectivity index (χ0n) is 12.3. The molecule has 1 spiro atoms. The van der Waals surface area contributed by atoms with Gasteiger partial charge in [0.15, 0.2) is 0 Å². The first-order valence-electron chi connectivity index (χ1n) is 8.18. The van der Waals surface area contributed by atoms with Gasteiger partial charge in [0.05, 0.1) is 0 Å². The molecular weight excluding hydrogens is 218 g/mol. The first-order chi connectivity index (χ1) is 8.80. The number of nitrogens with zero attached hydrogens (tertiary/aromatic N) is 1. The van der Waals surface area contributed by atoms with Crippen LogP contribution in [-0.2, 0) is 0 Å². The standard InChI is InChI=1S/C17H31N/c1-3-5-6-7-8-9-14-18-15-17(18)12-10-16(4-2)11-13-17/h4,16H,2-3,5-15H2,1H3. The molecule has 0 aromatic carbocycles. The quantitative estimate of drug-likeness (QED) is 0.340. The highest BCUT2D eigenvalue weighted by Crippen LogP contribution is 2.46. The van der Waals surface area contributed by atoms with Crippen LogP contribution < -0.4 is 0 Å². The fraction of sp³-hybridized carbons (Fsp3) is 0.882. The van der Waals surface area contributed by atoms with Crippen molar-refractivity contribution in [1.29, 1.82) is 0 Å². The summed E-state index contributed by atoms with van der Waals surface area (Å²) >= 11 is 0. The van der Waals surface area contributed by atoms with Crippen LogP contribution in [0.1, 0.15) is 71.1 Å². The fourth-order valence-corrected chi connectivity index (χ4v) is 3.61. The molecule has 1 aliphatic carbocycles. The Bertz CT molecular complexity index is 250. The molecule has 0 N–H and O–H groups in total. The lowest BCUT2D eigenvalue weighted by Crippen LogP contribution is -2.25. The number of unbranched alkanes of at least 4 members (excludes halogenated alkanes) is 5. The Morgan fingerprint density at radius 2 is 1.78 bits per heavy atom. The highest BCUT2D eigenvalue weighted by atomic mass is 15.4. The van der Waals surface area contributed by atoms with Crippen molar-refractivity contribution in [3.63, 3.8) is 0 Å². The molecule has 1 atom stereocenters. The zero-order chi connectivity index (χ0) is 12.8. The second-order valence-corrected chi connectivity index (χ2v) is 6.49. The molecule has 2 aliphatic rings. The summed E-state index contributed by atoms with van der Waals surface area (Å²) in [7, 11) is 0. The normalized spacial score (nSPS) is 34.7. The predicted octanol–water partition coefficient (Wildman–Crippen LogP) is 4.78. The second-order valence-electron chi connectivity index (χ2n) is 6.49. The molecule has 0 amide bonds. The van der Waals surface area contributed by atoms with E-state index < -0.39 is 0 Å². The van der Waals surface area contributed by atoms with Crippen LogP contribution in [0, 0.1) is 5.92 Å². The maximum Gasteiger partial charge on any atom is 0.0337 e. The van der Waals surface area contributed by atoms with Gasteiger partial charge in [0, 0.05) is 12.1 Å². The molecule has 1 unspecified atom stereocenters. The number of hydrogen-bond donors (Lipinski definition) is 0. The first-order valence-corrected chi connectivity index (χ1v) is 8.18. The second kappa shape index (κ2) is 6.75. The minimum absolute atomic E-state index is 0.656. The van der Waals surface area contributed by atoms with Crippen LogP contribution in [-0.4, -0.2) is 23.5 Å². The van der Waals surface area contributed by atoms with Crippen molar-refractivity contribution in [3.05, 3.63) is 12.7 Å². The van der Waals surface area contributed by atoms with Crippen molar-refractivity contribution in [3.8, 4) is 0 Å². The van der Waals surface area contributed by atoms with Crippen LogP contribution in [0.5, 0.6) is 0 Å². The molecule has 2 fully saturated rings. The average molecular weight is 249 g/mol. The van der Waals surface area contributed by atoms with Gasteiger partial charge in [-0.15, -0.1) is 6.58 Å². The summed E-state index contributed by atoms with van der Waals surface area (Å²) < 4.78 is 0. The largest absolute Gasteiger partial charge is 0.295 e. The number of allylic oxidation sites excluding steroid dienone is 1. The van der Waals surface area contributed by atoms with Crippen molar-refractivity contribution in [2.45, 2.75) is 76.7 Å².